The van der Waals surface area contributed by atoms with Crippen LogP contribution < -0.4 is 14.8 Å². The van der Waals surface area contributed by atoms with Gasteiger partial charge < -0.3 is 14.8 Å². The van der Waals surface area contributed by atoms with E-state index in [0.29, 0.717) is 25.1 Å². The summed E-state index contributed by atoms with van der Waals surface area (Å²) in [6.45, 7) is 5.95. The van der Waals surface area contributed by atoms with E-state index in [2.05, 4.69) is 30.1 Å². The van der Waals surface area contributed by atoms with E-state index in [9.17, 15) is 4.79 Å². The minimum Gasteiger partial charge on any atom is -0.454 e. The molecule has 0 bridgehead atoms. The van der Waals surface area contributed by atoms with Gasteiger partial charge in [-0.15, -0.1) is 0 Å². The van der Waals surface area contributed by atoms with E-state index in [4.69, 9.17) is 9.47 Å². The fraction of sp³-hybridized carbons (Fsp3) is 0.350. The van der Waals surface area contributed by atoms with E-state index < -0.39 is 0 Å². The monoisotopic (exact) mass is 340 g/mol. The third-order valence-electron chi connectivity index (χ3n) is 4.48. The van der Waals surface area contributed by atoms with Gasteiger partial charge in [0.25, 0.3) is 5.91 Å². The molecule has 1 unspecified atom stereocenters. The Kier molecular flexibility index (Phi) is 5.56. The molecule has 5 nitrogen and oxygen atoms in total. The number of hydrogen-bond donors (Lipinski definition) is 1. The highest BCUT2D eigenvalue weighted by molar-refractivity contribution is 5.94. The molecule has 1 aliphatic heterocycles. The summed E-state index contributed by atoms with van der Waals surface area (Å²) in [5.41, 5.74) is 1.88. The van der Waals surface area contributed by atoms with Gasteiger partial charge in [0, 0.05) is 11.6 Å². The Morgan fingerprint density at radius 3 is 2.68 bits per heavy atom. The maximum absolute atomic E-state index is 12.2. The van der Waals surface area contributed by atoms with Crippen LogP contribution in [0.1, 0.15) is 29.8 Å². The van der Waals surface area contributed by atoms with Gasteiger partial charge in [0.15, 0.2) is 11.5 Å². The van der Waals surface area contributed by atoms with Gasteiger partial charge in [0.2, 0.25) is 6.79 Å². The summed E-state index contributed by atoms with van der Waals surface area (Å²) < 4.78 is 10.8. The summed E-state index contributed by atoms with van der Waals surface area (Å²) in [6.07, 6.45) is 0.881. The van der Waals surface area contributed by atoms with Gasteiger partial charge >= 0.3 is 0 Å². The Labute approximate surface area is 148 Å². The van der Waals surface area contributed by atoms with Crippen molar-refractivity contribution >= 4 is 5.91 Å². The molecule has 1 heterocycles. The van der Waals surface area contributed by atoms with E-state index >= 15 is 0 Å². The summed E-state index contributed by atoms with van der Waals surface area (Å²) in [5.74, 6) is 1.57. The number of hydrogen-bond acceptors (Lipinski definition) is 4. The van der Waals surface area contributed by atoms with Crippen molar-refractivity contribution in [1.82, 2.24) is 10.2 Å². The van der Waals surface area contributed by atoms with Crippen molar-refractivity contribution in [2.75, 3.05) is 20.0 Å². The number of ether oxygens (including phenoxy) is 2. The summed E-state index contributed by atoms with van der Waals surface area (Å²) >= 11 is 0. The van der Waals surface area contributed by atoms with Crippen LogP contribution in [0.25, 0.3) is 0 Å². The predicted octanol–water partition coefficient (Wildman–Crippen LogP) is 3.06. The fourth-order valence-electron chi connectivity index (χ4n) is 2.98. The van der Waals surface area contributed by atoms with Crippen molar-refractivity contribution in [2.45, 2.75) is 26.3 Å². The van der Waals surface area contributed by atoms with Crippen molar-refractivity contribution in [1.29, 1.82) is 0 Å². The lowest BCUT2D eigenvalue weighted by atomic mass is 10.1. The number of carbonyl (C=O) groups is 1. The molecular formula is C20H24N2O3. The van der Waals surface area contributed by atoms with Crippen LogP contribution in [0.5, 0.6) is 11.5 Å². The topological polar surface area (TPSA) is 50.8 Å². The molecule has 2 aromatic carbocycles. The van der Waals surface area contributed by atoms with Gasteiger partial charge in [-0.2, -0.15) is 0 Å². The number of nitrogens with zero attached hydrogens (tertiary/aromatic N) is 1. The quantitative estimate of drug-likeness (QED) is 0.787. The zero-order valence-electron chi connectivity index (χ0n) is 14.7. The highest BCUT2D eigenvalue weighted by Gasteiger charge is 2.17. The number of carbonyl (C=O) groups excluding carboxylic acids is 1. The van der Waals surface area contributed by atoms with Gasteiger partial charge in [-0.3, -0.25) is 9.69 Å². The molecule has 3 rings (SSSR count). The molecule has 0 aromatic heterocycles. The normalized spacial score (nSPS) is 13.7. The lowest BCUT2D eigenvalue weighted by Crippen LogP contribution is -2.43. The molecule has 1 atom stereocenters. The van der Waals surface area contributed by atoms with Crippen LogP contribution in [-0.4, -0.2) is 36.9 Å². The Morgan fingerprint density at radius 1 is 1.16 bits per heavy atom. The molecular weight excluding hydrogens is 316 g/mol. The summed E-state index contributed by atoms with van der Waals surface area (Å²) in [7, 11) is 0. The second-order valence-electron chi connectivity index (χ2n) is 6.18. The second kappa shape index (κ2) is 8.03. The maximum atomic E-state index is 12.2. The Hall–Kier alpha value is -2.53. The number of amides is 1. The molecule has 132 valence electrons. The van der Waals surface area contributed by atoms with Crippen LogP contribution in [0.15, 0.2) is 48.5 Å². The van der Waals surface area contributed by atoms with Crippen molar-refractivity contribution in [3.05, 3.63) is 59.7 Å². The number of fused-ring (bicyclic) bond motifs is 1. The number of benzene rings is 2. The van der Waals surface area contributed by atoms with Gasteiger partial charge in [0.05, 0.1) is 6.67 Å². The van der Waals surface area contributed by atoms with Crippen molar-refractivity contribution in [3.8, 4) is 11.5 Å². The van der Waals surface area contributed by atoms with Crippen LogP contribution in [0.2, 0.25) is 0 Å². The van der Waals surface area contributed by atoms with Crippen LogP contribution >= 0.6 is 0 Å². The third-order valence-corrected chi connectivity index (χ3v) is 4.48. The molecule has 0 spiro atoms. The lowest BCUT2D eigenvalue weighted by Gasteiger charge is -2.28. The van der Waals surface area contributed by atoms with Gasteiger partial charge in [-0.1, -0.05) is 31.2 Å². The molecule has 0 fully saturated rings. The number of nitrogens with one attached hydrogen (secondary N) is 1. The Balaban J connectivity index is 1.56. The summed E-state index contributed by atoms with van der Waals surface area (Å²) in [5, 5.41) is 3.00. The highest BCUT2D eigenvalue weighted by Crippen LogP contribution is 2.32. The van der Waals surface area contributed by atoms with E-state index in [1.807, 2.05) is 42.5 Å². The average molecular weight is 340 g/mol. The van der Waals surface area contributed by atoms with Crippen LogP contribution in [0, 0.1) is 0 Å². The largest absolute Gasteiger partial charge is 0.454 e. The molecule has 2 aromatic rings. The molecule has 5 heteroatoms. The molecule has 0 saturated carbocycles. The standard InChI is InChI=1S/C20H24N2O3/c1-3-22(13-21-20(23)17-7-5-4-6-8-17)15(2)11-16-9-10-18-19(12-16)25-14-24-18/h4-10,12,15H,3,11,13-14H2,1-2H3,(H,21,23). The highest BCUT2D eigenvalue weighted by atomic mass is 16.7. The third kappa shape index (κ3) is 4.31. The molecule has 25 heavy (non-hydrogen) atoms. The van der Waals surface area contributed by atoms with Gasteiger partial charge in [-0.25, -0.2) is 0 Å². The Morgan fingerprint density at radius 2 is 1.92 bits per heavy atom. The SMILES string of the molecule is CCN(CNC(=O)c1ccccc1)C(C)Cc1ccc2c(c1)OCO2. The van der Waals surface area contributed by atoms with Crippen LogP contribution in [0.3, 0.4) is 0 Å². The minimum absolute atomic E-state index is 0.0469. The summed E-state index contributed by atoms with van der Waals surface area (Å²) in [6, 6.07) is 15.6. The van der Waals surface area contributed by atoms with Crippen molar-refractivity contribution < 1.29 is 14.3 Å². The van der Waals surface area contributed by atoms with E-state index in [1.54, 1.807) is 0 Å². The predicted molar refractivity (Wildman–Crippen MR) is 96.9 cm³/mol. The van der Waals surface area contributed by atoms with E-state index in [-0.39, 0.29) is 5.91 Å². The molecule has 1 N–H and O–H groups in total. The molecule has 0 radical (unpaired) electrons. The van der Waals surface area contributed by atoms with Crippen molar-refractivity contribution in [2.24, 2.45) is 0 Å². The van der Waals surface area contributed by atoms with E-state index in [0.717, 1.165) is 24.5 Å². The van der Waals surface area contributed by atoms with E-state index in [1.165, 1.54) is 5.56 Å². The zero-order chi connectivity index (χ0) is 17.6. The summed E-state index contributed by atoms with van der Waals surface area (Å²) in [4.78, 5) is 14.4. The molecule has 0 saturated heterocycles. The van der Waals surface area contributed by atoms with Crippen LogP contribution in [-0.2, 0) is 6.42 Å². The minimum atomic E-state index is -0.0469. The molecule has 1 amide bonds. The first kappa shape index (κ1) is 17.3. The zero-order valence-corrected chi connectivity index (χ0v) is 14.7. The maximum Gasteiger partial charge on any atom is 0.252 e. The lowest BCUT2D eigenvalue weighted by molar-refractivity contribution is 0.0909. The van der Waals surface area contributed by atoms with Gasteiger partial charge in [-0.05, 0) is 49.7 Å². The van der Waals surface area contributed by atoms with Crippen LogP contribution in [0.4, 0.5) is 0 Å². The average Bonchev–Trinajstić information content (AvgIpc) is 3.10. The van der Waals surface area contributed by atoms with Crippen molar-refractivity contribution in [3.63, 3.8) is 0 Å². The number of likely N-dealkylation sites (N-methyl/N-ethyl adjacent to an activating group) is 1. The number of rotatable bonds is 7. The first-order valence-corrected chi connectivity index (χ1v) is 8.63. The molecule has 1 aliphatic rings. The molecule has 0 aliphatic carbocycles. The van der Waals surface area contributed by atoms with Gasteiger partial charge in [0.1, 0.15) is 0 Å². The second-order valence-corrected chi connectivity index (χ2v) is 6.18. The smallest absolute Gasteiger partial charge is 0.252 e. The fourth-order valence-corrected chi connectivity index (χ4v) is 2.98. The first-order chi connectivity index (χ1) is 12.2. The first-order valence-electron chi connectivity index (χ1n) is 8.63. The Bertz CT molecular complexity index is 718.